The molecule has 2 aliphatic heterocycles. The molecule has 2 saturated heterocycles. The Morgan fingerprint density at radius 1 is 1.50 bits per heavy atom. The topological polar surface area (TPSA) is 56.1 Å². The van der Waals surface area contributed by atoms with Crippen LogP contribution in [-0.2, 0) is 16.0 Å². The minimum atomic E-state index is -0.105. The number of pyridine rings is 1. The van der Waals surface area contributed by atoms with Gasteiger partial charge in [0.05, 0.1) is 30.5 Å². The van der Waals surface area contributed by atoms with Crippen LogP contribution in [0.3, 0.4) is 0 Å². The third-order valence-corrected chi connectivity index (χ3v) is 5.31. The van der Waals surface area contributed by atoms with Gasteiger partial charge >= 0.3 is 0 Å². The number of hydrogen-bond donors (Lipinski definition) is 0. The minimum Gasteiger partial charge on any atom is -0.384 e. The molecular formula is C17H20ClN3O3. The molecule has 0 radical (unpaired) electrons. The standard InChI is InChI=1S/C17H20ClN3O3/c1-23-10-17-9-20(5-12(17)8-24-11-17)7-14-4-16(22)21-6-13(18)2-3-15(21)19-14/h2-4,6,12H,5,7-11H2,1H3/t12-,17-/m0/s1. The molecule has 0 amide bonds. The van der Waals surface area contributed by atoms with Crippen molar-refractivity contribution in [2.45, 2.75) is 6.54 Å². The highest BCUT2D eigenvalue weighted by Gasteiger charge is 2.50. The zero-order valence-electron chi connectivity index (χ0n) is 13.6. The van der Waals surface area contributed by atoms with E-state index in [-0.39, 0.29) is 11.0 Å². The molecule has 2 fully saturated rings. The number of hydrogen-bond acceptors (Lipinski definition) is 5. The smallest absolute Gasteiger partial charge is 0.258 e. The van der Waals surface area contributed by atoms with Crippen LogP contribution in [0.2, 0.25) is 5.02 Å². The lowest BCUT2D eigenvalue weighted by molar-refractivity contribution is 0.0532. The van der Waals surface area contributed by atoms with Gasteiger partial charge < -0.3 is 9.47 Å². The molecule has 24 heavy (non-hydrogen) atoms. The van der Waals surface area contributed by atoms with Gasteiger partial charge in [-0.2, -0.15) is 0 Å². The van der Waals surface area contributed by atoms with Crippen molar-refractivity contribution in [3.8, 4) is 0 Å². The van der Waals surface area contributed by atoms with Gasteiger partial charge in [0.15, 0.2) is 0 Å². The number of fused-ring (bicyclic) bond motifs is 2. The van der Waals surface area contributed by atoms with Crippen molar-refractivity contribution in [3.05, 3.63) is 45.5 Å². The third-order valence-electron chi connectivity index (χ3n) is 5.09. The second-order valence-electron chi connectivity index (χ2n) is 6.84. The van der Waals surface area contributed by atoms with Gasteiger partial charge in [0.1, 0.15) is 5.65 Å². The molecule has 2 aromatic heterocycles. The van der Waals surface area contributed by atoms with Crippen LogP contribution in [0.15, 0.2) is 29.2 Å². The van der Waals surface area contributed by atoms with Crippen LogP contribution in [0, 0.1) is 11.3 Å². The van der Waals surface area contributed by atoms with E-state index in [2.05, 4.69) is 9.88 Å². The highest BCUT2D eigenvalue weighted by Crippen LogP contribution is 2.41. The summed E-state index contributed by atoms with van der Waals surface area (Å²) in [6.07, 6.45) is 1.60. The van der Waals surface area contributed by atoms with E-state index in [1.807, 2.05) is 0 Å². The first-order valence-corrected chi connectivity index (χ1v) is 8.44. The summed E-state index contributed by atoms with van der Waals surface area (Å²) in [7, 11) is 1.74. The van der Waals surface area contributed by atoms with E-state index in [1.54, 1.807) is 31.5 Å². The second-order valence-corrected chi connectivity index (χ2v) is 7.27. The van der Waals surface area contributed by atoms with E-state index in [4.69, 9.17) is 21.1 Å². The van der Waals surface area contributed by atoms with Crippen molar-refractivity contribution in [1.29, 1.82) is 0 Å². The number of ether oxygens (including phenoxy) is 2. The molecule has 2 aliphatic rings. The first-order valence-electron chi connectivity index (χ1n) is 8.06. The quantitative estimate of drug-likeness (QED) is 0.836. The minimum absolute atomic E-state index is 0.0775. The number of methoxy groups -OCH3 is 1. The van der Waals surface area contributed by atoms with E-state index >= 15 is 0 Å². The number of aromatic nitrogens is 2. The second kappa shape index (κ2) is 6.11. The van der Waals surface area contributed by atoms with Gasteiger partial charge in [-0.15, -0.1) is 0 Å². The fourth-order valence-corrected chi connectivity index (χ4v) is 4.15. The Hall–Kier alpha value is -1.47. The van der Waals surface area contributed by atoms with Crippen LogP contribution >= 0.6 is 11.6 Å². The maximum Gasteiger partial charge on any atom is 0.258 e. The summed E-state index contributed by atoms with van der Waals surface area (Å²) in [6, 6.07) is 5.11. The van der Waals surface area contributed by atoms with Crippen LogP contribution in [0.5, 0.6) is 0 Å². The van der Waals surface area contributed by atoms with Crippen LogP contribution in [0.25, 0.3) is 5.65 Å². The van der Waals surface area contributed by atoms with Gasteiger partial charge in [-0.3, -0.25) is 14.1 Å². The van der Waals surface area contributed by atoms with Crippen LogP contribution in [0.4, 0.5) is 0 Å². The average Bonchev–Trinajstić information content (AvgIpc) is 3.05. The zero-order valence-corrected chi connectivity index (χ0v) is 14.3. The van der Waals surface area contributed by atoms with Crippen LogP contribution in [0.1, 0.15) is 5.69 Å². The lowest BCUT2D eigenvalue weighted by Crippen LogP contribution is -2.35. The maximum atomic E-state index is 12.3. The third kappa shape index (κ3) is 2.73. The van der Waals surface area contributed by atoms with Crippen LogP contribution < -0.4 is 5.56 Å². The van der Waals surface area contributed by atoms with Gasteiger partial charge in [-0.05, 0) is 12.1 Å². The summed E-state index contributed by atoms with van der Waals surface area (Å²) in [5, 5.41) is 0.521. The molecule has 0 aromatic carbocycles. The molecule has 2 aromatic rings. The monoisotopic (exact) mass is 349 g/mol. The molecule has 7 heteroatoms. The van der Waals surface area contributed by atoms with E-state index in [1.165, 1.54) is 4.40 Å². The van der Waals surface area contributed by atoms with E-state index in [0.29, 0.717) is 29.7 Å². The Kier molecular flexibility index (Phi) is 4.08. The van der Waals surface area contributed by atoms with Crippen molar-refractivity contribution < 1.29 is 9.47 Å². The lowest BCUT2D eigenvalue weighted by atomic mass is 9.82. The molecule has 0 spiro atoms. The lowest BCUT2D eigenvalue weighted by Gasteiger charge is -2.26. The summed E-state index contributed by atoms with van der Waals surface area (Å²) in [5.41, 5.74) is 1.38. The maximum absolute atomic E-state index is 12.3. The highest BCUT2D eigenvalue weighted by atomic mass is 35.5. The van der Waals surface area contributed by atoms with Gasteiger partial charge in [-0.25, -0.2) is 4.98 Å². The Bertz CT molecular complexity index is 824. The summed E-state index contributed by atoms with van der Waals surface area (Å²) < 4.78 is 12.6. The molecule has 4 heterocycles. The molecule has 0 aliphatic carbocycles. The summed E-state index contributed by atoms with van der Waals surface area (Å²) >= 11 is 5.95. The van der Waals surface area contributed by atoms with Crippen molar-refractivity contribution in [1.82, 2.24) is 14.3 Å². The Morgan fingerprint density at radius 2 is 2.38 bits per heavy atom. The largest absolute Gasteiger partial charge is 0.384 e. The number of nitrogens with zero attached hydrogens (tertiary/aromatic N) is 3. The first-order chi connectivity index (χ1) is 11.6. The zero-order chi connectivity index (χ0) is 16.7. The number of halogens is 1. The summed E-state index contributed by atoms with van der Waals surface area (Å²) in [4.78, 5) is 19.2. The Labute approximate surface area is 145 Å². The van der Waals surface area contributed by atoms with E-state index in [0.717, 1.165) is 32.0 Å². The molecular weight excluding hydrogens is 330 g/mol. The average molecular weight is 350 g/mol. The SMILES string of the molecule is COC[C@@]12COC[C@@H]1CN(Cc1cc(=O)n3cc(Cl)ccc3n1)C2. The molecule has 0 bridgehead atoms. The molecule has 4 rings (SSSR count). The Balaban J connectivity index is 1.57. The van der Waals surface area contributed by atoms with Crippen molar-refractivity contribution in [2.24, 2.45) is 11.3 Å². The molecule has 0 saturated carbocycles. The van der Waals surface area contributed by atoms with Gasteiger partial charge in [0.2, 0.25) is 0 Å². The van der Waals surface area contributed by atoms with Crippen LogP contribution in [-0.4, -0.2) is 54.3 Å². The molecule has 0 unspecified atom stereocenters. The number of likely N-dealkylation sites (tertiary alicyclic amines) is 1. The van der Waals surface area contributed by atoms with E-state index < -0.39 is 0 Å². The van der Waals surface area contributed by atoms with Gasteiger partial charge in [0, 0.05) is 50.3 Å². The van der Waals surface area contributed by atoms with Gasteiger partial charge in [-0.1, -0.05) is 11.6 Å². The molecule has 6 nitrogen and oxygen atoms in total. The Morgan fingerprint density at radius 3 is 3.21 bits per heavy atom. The number of rotatable bonds is 4. The molecule has 128 valence electrons. The highest BCUT2D eigenvalue weighted by molar-refractivity contribution is 6.30. The van der Waals surface area contributed by atoms with Crippen molar-refractivity contribution in [2.75, 3.05) is 40.0 Å². The predicted octanol–water partition coefficient (Wildman–Crippen LogP) is 1.44. The van der Waals surface area contributed by atoms with Crippen molar-refractivity contribution >= 4 is 17.2 Å². The molecule has 0 N–H and O–H groups in total. The van der Waals surface area contributed by atoms with Gasteiger partial charge in [0.25, 0.3) is 5.56 Å². The molecule has 2 atom stereocenters. The summed E-state index contributed by atoms with van der Waals surface area (Å²) in [6.45, 7) is 4.76. The fourth-order valence-electron chi connectivity index (χ4n) is 3.99. The van der Waals surface area contributed by atoms with E-state index in [9.17, 15) is 4.79 Å². The normalized spacial score (nSPS) is 27.0. The predicted molar refractivity (Wildman–Crippen MR) is 90.4 cm³/mol. The summed E-state index contributed by atoms with van der Waals surface area (Å²) in [5.74, 6) is 0.484. The fraction of sp³-hybridized carbons (Fsp3) is 0.529. The van der Waals surface area contributed by atoms with Crippen molar-refractivity contribution in [3.63, 3.8) is 0 Å². The first kappa shape index (κ1) is 16.0.